The van der Waals surface area contributed by atoms with Gasteiger partial charge < -0.3 is 5.73 Å². The third-order valence-electron chi connectivity index (χ3n) is 1.75. The summed E-state index contributed by atoms with van der Waals surface area (Å²) in [5.41, 5.74) is 5.40. The van der Waals surface area contributed by atoms with Crippen molar-refractivity contribution in [2.24, 2.45) is 0 Å². The molecular formula is C6H11N4OS+. The van der Waals surface area contributed by atoms with E-state index in [0.29, 0.717) is 5.88 Å². The molecule has 0 aliphatic carbocycles. The summed E-state index contributed by atoms with van der Waals surface area (Å²) in [5, 5.41) is 5.88. The van der Waals surface area contributed by atoms with Crippen molar-refractivity contribution in [3.63, 3.8) is 0 Å². The predicted molar refractivity (Wildman–Crippen MR) is 46.4 cm³/mol. The molecule has 0 atom stereocenters. The van der Waals surface area contributed by atoms with Gasteiger partial charge in [0.2, 0.25) is 5.27 Å². The lowest BCUT2D eigenvalue weighted by Gasteiger charge is -2.17. The zero-order valence-corrected chi connectivity index (χ0v) is 7.46. The summed E-state index contributed by atoms with van der Waals surface area (Å²) in [7, 11) is 0. The summed E-state index contributed by atoms with van der Waals surface area (Å²) >= 11 is 1.96. The van der Waals surface area contributed by atoms with Crippen molar-refractivity contribution >= 4 is 17.6 Å². The Balaban J connectivity index is 2.08. The highest BCUT2D eigenvalue weighted by molar-refractivity contribution is 7.99. The van der Waals surface area contributed by atoms with Crippen molar-refractivity contribution in [2.75, 3.05) is 35.3 Å². The minimum atomic E-state index is 0.355. The molecule has 5 nitrogen and oxygen atoms in total. The zero-order chi connectivity index (χ0) is 8.39. The molecule has 6 heteroatoms. The van der Waals surface area contributed by atoms with E-state index in [-0.39, 0.29) is 0 Å². The van der Waals surface area contributed by atoms with Gasteiger partial charge in [-0.1, -0.05) is 0 Å². The highest BCUT2D eigenvalue weighted by Crippen LogP contribution is 2.05. The van der Waals surface area contributed by atoms with Gasteiger partial charge in [-0.2, -0.15) is 16.8 Å². The number of rotatable bonds is 1. The molecule has 2 N–H and O–H groups in total. The zero-order valence-electron chi connectivity index (χ0n) is 6.64. The Bertz CT molecular complexity index is 258. The van der Waals surface area contributed by atoms with E-state index >= 15 is 0 Å². The number of hydrogen-bond acceptors (Lipinski definition) is 5. The fraction of sp³-hybridized carbons (Fsp3) is 0.667. The fourth-order valence-corrected chi connectivity index (χ4v) is 2.03. The molecule has 0 aromatic carbocycles. The average molecular weight is 187 g/mol. The molecule has 1 aromatic rings. The topological polar surface area (TPSA) is 59.2 Å². The molecule has 1 aromatic heterocycles. The molecule has 0 unspecified atom stereocenters. The first-order chi connectivity index (χ1) is 5.86. The fourth-order valence-electron chi connectivity index (χ4n) is 1.14. The van der Waals surface area contributed by atoms with E-state index in [0.717, 1.165) is 24.6 Å². The summed E-state index contributed by atoms with van der Waals surface area (Å²) in [6.07, 6.45) is 1.69. The third-order valence-corrected chi connectivity index (χ3v) is 2.69. The van der Waals surface area contributed by atoms with Crippen LogP contribution in [-0.2, 0) is 0 Å². The summed E-state index contributed by atoms with van der Waals surface area (Å²) in [4.78, 5) is 1.68. The molecule has 0 amide bonds. The van der Waals surface area contributed by atoms with E-state index in [9.17, 15) is 0 Å². The number of thioether (sulfide) groups is 1. The molecular weight excluding hydrogens is 176 g/mol. The van der Waals surface area contributed by atoms with Crippen LogP contribution in [0, 0.1) is 0 Å². The van der Waals surface area contributed by atoms with Crippen LogP contribution in [0.3, 0.4) is 0 Å². The first-order valence-corrected chi connectivity index (χ1v) is 4.99. The number of nitrogen functional groups attached to an aromatic ring is 1. The Morgan fingerprint density at radius 1 is 1.58 bits per heavy atom. The third kappa shape index (κ3) is 1.47. The second-order valence-electron chi connectivity index (χ2n) is 2.59. The smallest absolute Gasteiger partial charge is 0.296 e. The van der Waals surface area contributed by atoms with Crippen molar-refractivity contribution in [3.8, 4) is 0 Å². The number of aromatic nitrogens is 2. The number of anilines is 1. The number of hydrogen-bond donors (Lipinski definition) is 1. The summed E-state index contributed by atoms with van der Waals surface area (Å²) in [5.74, 6) is 2.63. The Kier molecular flexibility index (Phi) is 2.07. The number of nitrogens with zero attached hydrogens (tertiary/aromatic N) is 3. The molecule has 1 fully saturated rings. The maximum absolute atomic E-state index is 5.40. The molecule has 1 saturated heterocycles. The van der Waals surface area contributed by atoms with Crippen molar-refractivity contribution in [1.29, 1.82) is 0 Å². The van der Waals surface area contributed by atoms with E-state index in [1.165, 1.54) is 0 Å². The summed E-state index contributed by atoms with van der Waals surface area (Å²) < 4.78 is 4.76. The maximum Gasteiger partial charge on any atom is 0.296 e. The van der Waals surface area contributed by atoms with Gasteiger partial charge in [0.1, 0.15) is 0 Å². The molecule has 66 valence electrons. The van der Waals surface area contributed by atoms with Crippen LogP contribution < -0.4 is 15.5 Å². The van der Waals surface area contributed by atoms with E-state index in [1.54, 1.807) is 11.0 Å². The monoisotopic (exact) mass is 187 g/mol. The standard InChI is InChI=1S/C6H11N4OS/c7-6-5-10(8-11-6)9-1-3-12-4-2-9/h5H,1-4,7H2/q+1. The van der Waals surface area contributed by atoms with Crippen LogP contribution in [-0.4, -0.2) is 29.9 Å². The molecule has 0 bridgehead atoms. The summed E-state index contributed by atoms with van der Waals surface area (Å²) in [6, 6.07) is 0. The van der Waals surface area contributed by atoms with E-state index in [2.05, 4.69) is 10.3 Å². The SMILES string of the molecule is Nc1c[n+](N2CCSCC2)no1. The normalized spacial score (nSPS) is 18.2. The predicted octanol–water partition coefficient (Wildman–Crippen LogP) is -0.771. The van der Waals surface area contributed by atoms with Crippen molar-refractivity contribution in [3.05, 3.63) is 6.20 Å². The quantitative estimate of drug-likeness (QED) is 0.585. The first kappa shape index (κ1) is 7.72. The van der Waals surface area contributed by atoms with Gasteiger partial charge in [-0.3, -0.25) is 4.52 Å². The molecule has 1 aliphatic rings. The minimum Gasteiger partial charge on any atom is -0.362 e. The van der Waals surface area contributed by atoms with Gasteiger partial charge in [0.05, 0.1) is 17.9 Å². The summed E-state index contributed by atoms with van der Waals surface area (Å²) in [6.45, 7) is 2.00. The lowest BCUT2D eigenvalue weighted by atomic mass is 10.6. The van der Waals surface area contributed by atoms with Gasteiger partial charge in [-0.15, -0.1) is 0 Å². The highest BCUT2D eigenvalue weighted by Gasteiger charge is 2.21. The van der Waals surface area contributed by atoms with Crippen LogP contribution in [0.15, 0.2) is 10.7 Å². The molecule has 0 saturated carbocycles. The van der Waals surface area contributed by atoms with Crippen LogP contribution in [0.4, 0.5) is 5.88 Å². The van der Waals surface area contributed by atoms with E-state index in [4.69, 9.17) is 10.3 Å². The van der Waals surface area contributed by atoms with Crippen molar-refractivity contribution < 1.29 is 9.31 Å². The van der Waals surface area contributed by atoms with Gasteiger partial charge in [0, 0.05) is 11.5 Å². The minimum absolute atomic E-state index is 0.355. The molecule has 1 aliphatic heterocycles. The van der Waals surface area contributed by atoms with Crippen molar-refractivity contribution in [1.82, 2.24) is 5.27 Å². The average Bonchev–Trinajstić information content (AvgIpc) is 2.54. The Labute approximate surface area is 74.4 Å². The Hall–Kier alpha value is -0.910. The highest BCUT2D eigenvalue weighted by atomic mass is 32.2. The Morgan fingerprint density at radius 2 is 2.33 bits per heavy atom. The molecule has 0 radical (unpaired) electrons. The Morgan fingerprint density at radius 3 is 2.92 bits per heavy atom. The number of nitrogens with two attached hydrogens (primary N) is 1. The molecule has 2 rings (SSSR count). The van der Waals surface area contributed by atoms with Gasteiger partial charge in [-0.25, -0.2) is 0 Å². The lowest BCUT2D eigenvalue weighted by molar-refractivity contribution is -0.757. The van der Waals surface area contributed by atoms with Crippen LogP contribution in [0.25, 0.3) is 0 Å². The van der Waals surface area contributed by atoms with Gasteiger partial charge >= 0.3 is 0 Å². The second-order valence-corrected chi connectivity index (χ2v) is 3.82. The van der Waals surface area contributed by atoms with Gasteiger partial charge in [0.25, 0.3) is 12.1 Å². The van der Waals surface area contributed by atoms with E-state index in [1.807, 2.05) is 11.8 Å². The van der Waals surface area contributed by atoms with Crippen molar-refractivity contribution in [2.45, 2.75) is 0 Å². The molecule has 12 heavy (non-hydrogen) atoms. The van der Waals surface area contributed by atoms with Crippen LogP contribution in [0.1, 0.15) is 0 Å². The lowest BCUT2D eigenvalue weighted by Crippen LogP contribution is -2.61. The van der Waals surface area contributed by atoms with E-state index < -0.39 is 0 Å². The van der Waals surface area contributed by atoms with Crippen LogP contribution in [0.2, 0.25) is 0 Å². The maximum atomic E-state index is 5.40. The second kappa shape index (κ2) is 3.22. The first-order valence-electron chi connectivity index (χ1n) is 3.83. The van der Waals surface area contributed by atoms with Crippen LogP contribution >= 0.6 is 11.8 Å². The largest absolute Gasteiger partial charge is 0.362 e. The van der Waals surface area contributed by atoms with Crippen LogP contribution in [0.5, 0.6) is 0 Å². The van der Waals surface area contributed by atoms with Gasteiger partial charge in [-0.05, 0) is 0 Å². The molecule has 2 heterocycles. The molecule has 0 spiro atoms. The van der Waals surface area contributed by atoms with Gasteiger partial charge in [0.15, 0.2) is 0 Å².